The molecule has 0 aliphatic carbocycles. The minimum absolute atomic E-state index is 0.0135. The fourth-order valence-electron chi connectivity index (χ4n) is 4.79. The summed E-state index contributed by atoms with van der Waals surface area (Å²) in [7, 11) is 1.81. The topological polar surface area (TPSA) is 105 Å². The van der Waals surface area contributed by atoms with Crippen LogP contribution in [-0.4, -0.2) is 85.4 Å². The molecule has 1 spiro atoms. The fourth-order valence-corrected chi connectivity index (χ4v) is 5.28. The molecule has 0 saturated carbocycles. The summed E-state index contributed by atoms with van der Waals surface area (Å²) in [4.78, 5) is 42.6. The van der Waals surface area contributed by atoms with Gasteiger partial charge in [0.25, 0.3) is 5.91 Å². The average molecular weight is 491 g/mol. The van der Waals surface area contributed by atoms with Crippen LogP contribution in [0.25, 0.3) is 0 Å². The predicted octanol–water partition coefficient (Wildman–Crippen LogP) is 2.13. The van der Waals surface area contributed by atoms with Gasteiger partial charge in [0.1, 0.15) is 12.4 Å². The van der Waals surface area contributed by atoms with Crippen LogP contribution in [0.3, 0.4) is 0 Å². The third-order valence-electron chi connectivity index (χ3n) is 6.97. The number of rotatable bonds is 4. The molecule has 0 bridgehead atoms. The molecule has 3 amide bonds. The molecule has 1 saturated heterocycles. The van der Waals surface area contributed by atoms with Crippen molar-refractivity contribution in [2.45, 2.75) is 44.6 Å². The average Bonchev–Trinajstić information content (AvgIpc) is 2.86. The monoisotopic (exact) mass is 490 g/mol. The van der Waals surface area contributed by atoms with Crippen LogP contribution in [0.5, 0.6) is 5.75 Å². The summed E-state index contributed by atoms with van der Waals surface area (Å²) < 4.78 is 5.88. The number of para-hydroxylation sites is 1. The minimum Gasteiger partial charge on any atom is -0.491 e. The number of carbonyl (C=O) groups excluding carboxylic acids is 3. The SMILES string of the molecule is CSCC[C@H](N)C(=O)N1CCC2(CCCCNC(=O)c3ccccc3OCCN(C)C2=O)CC1. The highest BCUT2D eigenvalue weighted by Crippen LogP contribution is 2.38. The number of benzene rings is 1. The standard InChI is InChI=1S/C25H38N4O4S/c1-28-16-17-33-21-8-4-3-7-19(21)22(30)27-13-6-5-10-25(24(28)32)11-14-29(15-12-25)23(31)20(26)9-18-34-2/h3-4,7-8,20H,5-6,9-18,26H2,1-2H3,(H,27,30)/t20-/m0/s1. The van der Waals surface area contributed by atoms with E-state index in [0.29, 0.717) is 63.4 Å². The van der Waals surface area contributed by atoms with Gasteiger partial charge in [0.15, 0.2) is 0 Å². The number of likely N-dealkylation sites (N-methyl/N-ethyl adjacent to an activating group) is 1. The number of ether oxygens (including phenoxy) is 1. The van der Waals surface area contributed by atoms with Gasteiger partial charge in [-0.25, -0.2) is 0 Å². The van der Waals surface area contributed by atoms with E-state index in [9.17, 15) is 14.4 Å². The molecule has 1 fully saturated rings. The van der Waals surface area contributed by atoms with E-state index in [-0.39, 0.29) is 17.7 Å². The molecular weight excluding hydrogens is 452 g/mol. The number of piperidine rings is 1. The number of likely N-dealkylation sites (tertiary alicyclic amines) is 1. The van der Waals surface area contributed by atoms with E-state index in [1.165, 1.54) is 0 Å². The highest BCUT2D eigenvalue weighted by atomic mass is 32.2. The summed E-state index contributed by atoms with van der Waals surface area (Å²) in [6.07, 6.45) is 6.30. The molecule has 3 N–H and O–H groups in total. The molecule has 188 valence electrons. The number of thioether (sulfide) groups is 1. The van der Waals surface area contributed by atoms with E-state index in [0.717, 1.165) is 25.0 Å². The number of hydrogen-bond donors (Lipinski definition) is 2. The van der Waals surface area contributed by atoms with Crippen LogP contribution in [0, 0.1) is 5.41 Å². The largest absolute Gasteiger partial charge is 0.491 e. The lowest BCUT2D eigenvalue weighted by Gasteiger charge is -2.43. The van der Waals surface area contributed by atoms with Gasteiger partial charge in [-0.15, -0.1) is 0 Å². The first-order chi connectivity index (χ1) is 16.4. The molecule has 2 aliphatic rings. The first kappa shape index (κ1) is 26.3. The Labute approximate surface area is 206 Å². The second-order valence-electron chi connectivity index (χ2n) is 9.28. The zero-order valence-electron chi connectivity index (χ0n) is 20.4. The molecule has 1 atom stereocenters. The van der Waals surface area contributed by atoms with Crippen molar-refractivity contribution in [2.75, 3.05) is 51.8 Å². The van der Waals surface area contributed by atoms with Gasteiger partial charge >= 0.3 is 0 Å². The van der Waals surface area contributed by atoms with Crippen LogP contribution in [-0.2, 0) is 9.59 Å². The number of carbonyl (C=O) groups is 3. The molecule has 2 heterocycles. The van der Waals surface area contributed by atoms with Gasteiger partial charge in [-0.1, -0.05) is 18.6 Å². The lowest BCUT2D eigenvalue weighted by Crippen LogP contribution is -2.53. The Morgan fingerprint density at radius 3 is 2.65 bits per heavy atom. The van der Waals surface area contributed by atoms with Gasteiger partial charge in [-0.2, -0.15) is 11.8 Å². The quantitative estimate of drug-likeness (QED) is 0.670. The Morgan fingerprint density at radius 2 is 1.91 bits per heavy atom. The smallest absolute Gasteiger partial charge is 0.255 e. The van der Waals surface area contributed by atoms with Crippen LogP contribution >= 0.6 is 11.8 Å². The second-order valence-corrected chi connectivity index (χ2v) is 10.3. The summed E-state index contributed by atoms with van der Waals surface area (Å²) in [6, 6.07) is 6.70. The van der Waals surface area contributed by atoms with E-state index in [1.54, 1.807) is 28.8 Å². The maximum absolute atomic E-state index is 13.6. The Hall–Kier alpha value is -2.26. The van der Waals surface area contributed by atoms with Crippen molar-refractivity contribution in [3.8, 4) is 5.75 Å². The first-order valence-corrected chi connectivity index (χ1v) is 13.6. The van der Waals surface area contributed by atoms with Crippen molar-refractivity contribution >= 4 is 29.5 Å². The molecule has 3 rings (SSSR count). The van der Waals surface area contributed by atoms with E-state index in [1.807, 2.05) is 30.3 Å². The molecule has 9 heteroatoms. The van der Waals surface area contributed by atoms with E-state index < -0.39 is 11.5 Å². The van der Waals surface area contributed by atoms with Crippen LogP contribution in [0.1, 0.15) is 48.9 Å². The molecule has 1 aromatic carbocycles. The number of fused-ring (bicyclic) bond motifs is 1. The van der Waals surface area contributed by atoms with E-state index in [4.69, 9.17) is 10.5 Å². The molecule has 0 aromatic heterocycles. The van der Waals surface area contributed by atoms with Gasteiger partial charge in [0, 0.05) is 26.7 Å². The fraction of sp³-hybridized carbons (Fsp3) is 0.640. The molecule has 8 nitrogen and oxygen atoms in total. The summed E-state index contributed by atoms with van der Waals surface area (Å²) in [5.74, 6) is 1.34. The zero-order valence-corrected chi connectivity index (χ0v) is 21.2. The normalized spacial score (nSPS) is 20.7. The molecular formula is C25H38N4O4S. The molecule has 1 aromatic rings. The van der Waals surface area contributed by atoms with Crippen LogP contribution < -0.4 is 15.8 Å². The molecule has 34 heavy (non-hydrogen) atoms. The van der Waals surface area contributed by atoms with Crippen LogP contribution in [0.15, 0.2) is 24.3 Å². The number of nitrogens with two attached hydrogens (primary N) is 1. The second kappa shape index (κ2) is 12.4. The third-order valence-corrected chi connectivity index (χ3v) is 7.61. The van der Waals surface area contributed by atoms with Gasteiger partial charge in [-0.3, -0.25) is 14.4 Å². The van der Waals surface area contributed by atoms with Crippen molar-refractivity contribution in [1.82, 2.24) is 15.1 Å². The Balaban J connectivity index is 1.68. The molecule has 0 radical (unpaired) electrons. The highest BCUT2D eigenvalue weighted by molar-refractivity contribution is 7.98. The van der Waals surface area contributed by atoms with Crippen LogP contribution in [0.2, 0.25) is 0 Å². The van der Waals surface area contributed by atoms with Crippen molar-refractivity contribution in [3.63, 3.8) is 0 Å². The summed E-state index contributed by atoms with van der Waals surface area (Å²) in [6.45, 7) is 2.37. The lowest BCUT2D eigenvalue weighted by molar-refractivity contribution is -0.148. The van der Waals surface area contributed by atoms with Crippen molar-refractivity contribution in [1.29, 1.82) is 0 Å². The predicted molar refractivity (Wildman–Crippen MR) is 135 cm³/mol. The Kier molecular flexibility index (Phi) is 9.64. The van der Waals surface area contributed by atoms with Crippen LogP contribution in [0.4, 0.5) is 0 Å². The van der Waals surface area contributed by atoms with Gasteiger partial charge in [0.05, 0.1) is 23.6 Å². The Bertz CT molecular complexity index is 857. The highest BCUT2D eigenvalue weighted by Gasteiger charge is 2.43. The Morgan fingerprint density at radius 1 is 1.18 bits per heavy atom. The maximum Gasteiger partial charge on any atom is 0.255 e. The van der Waals surface area contributed by atoms with E-state index in [2.05, 4.69) is 5.32 Å². The van der Waals surface area contributed by atoms with Crippen molar-refractivity contribution in [3.05, 3.63) is 29.8 Å². The maximum atomic E-state index is 13.6. The van der Waals surface area contributed by atoms with Gasteiger partial charge in [-0.05, 0) is 56.2 Å². The first-order valence-electron chi connectivity index (χ1n) is 12.2. The summed E-state index contributed by atoms with van der Waals surface area (Å²) in [5.41, 5.74) is 6.13. The van der Waals surface area contributed by atoms with Crippen molar-refractivity contribution in [2.24, 2.45) is 11.1 Å². The molecule has 2 aliphatic heterocycles. The van der Waals surface area contributed by atoms with Crippen molar-refractivity contribution < 1.29 is 19.1 Å². The van der Waals surface area contributed by atoms with E-state index >= 15 is 0 Å². The molecule has 0 unspecified atom stereocenters. The third kappa shape index (κ3) is 6.44. The summed E-state index contributed by atoms with van der Waals surface area (Å²) in [5, 5.41) is 2.97. The number of amides is 3. The number of nitrogens with one attached hydrogen (secondary N) is 1. The summed E-state index contributed by atoms with van der Waals surface area (Å²) >= 11 is 1.69. The zero-order chi connectivity index (χ0) is 24.6. The van der Waals surface area contributed by atoms with Gasteiger partial charge in [0.2, 0.25) is 11.8 Å². The van der Waals surface area contributed by atoms with Gasteiger partial charge < -0.3 is 25.6 Å². The lowest BCUT2D eigenvalue weighted by atomic mass is 9.73. The minimum atomic E-state index is -0.499. The number of nitrogens with zero attached hydrogens (tertiary/aromatic N) is 2. The number of hydrogen-bond acceptors (Lipinski definition) is 6.